The van der Waals surface area contributed by atoms with Crippen molar-refractivity contribution in [2.45, 2.75) is 39.5 Å². The van der Waals surface area contributed by atoms with Gasteiger partial charge in [0.15, 0.2) is 8.24 Å². The Morgan fingerprint density at radius 2 is 2.00 bits per heavy atom. The van der Waals surface area contributed by atoms with E-state index in [1.807, 2.05) is 20.8 Å². The lowest BCUT2D eigenvalue weighted by Gasteiger charge is -2.36. The molecule has 0 saturated carbocycles. The van der Waals surface area contributed by atoms with Crippen molar-refractivity contribution in [3.63, 3.8) is 0 Å². The fourth-order valence-electron chi connectivity index (χ4n) is 1.09. The third kappa shape index (κ3) is 5.16. The topological polar surface area (TPSA) is 29.5 Å². The van der Waals surface area contributed by atoms with E-state index in [1.54, 1.807) is 10.6 Å². The van der Waals surface area contributed by atoms with E-state index < -0.39 is 13.8 Å². The summed E-state index contributed by atoms with van der Waals surface area (Å²) in [5.41, 5.74) is -0.451. The maximum absolute atomic E-state index is 12.0. The summed E-state index contributed by atoms with van der Waals surface area (Å²) >= 11 is 3.47. The van der Waals surface area contributed by atoms with Gasteiger partial charge in [-0.05, 0) is 20.8 Å². The zero-order valence-corrected chi connectivity index (χ0v) is 13.4. The monoisotopic (exact) mass is 307 g/mol. The number of hydrogen-bond acceptors (Lipinski definition) is 2. The third-order valence-corrected chi connectivity index (χ3v) is 8.58. The highest BCUT2D eigenvalue weighted by Crippen LogP contribution is 2.17. The average Bonchev–Trinajstić information content (AvgIpc) is 2.10. The number of ether oxygens (including phenoxy) is 1. The van der Waals surface area contributed by atoms with Crippen molar-refractivity contribution in [3.8, 4) is 0 Å². The maximum atomic E-state index is 12.0. The molecular formula is C11H22BrNO2Si. The molecule has 0 aliphatic rings. The third-order valence-electron chi connectivity index (χ3n) is 1.98. The van der Waals surface area contributed by atoms with Gasteiger partial charge in [0.25, 0.3) is 0 Å². The van der Waals surface area contributed by atoms with Gasteiger partial charge in [0.05, 0.1) is 0 Å². The highest BCUT2D eigenvalue weighted by atomic mass is 79.9. The Kier molecular flexibility index (Phi) is 5.76. The molecule has 0 saturated heterocycles. The first-order valence-corrected chi connectivity index (χ1v) is 9.59. The number of amides is 1. The SMILES string of the molecule is C=CCN(C(=O)OC(C)(C)C)[Si](C)(C)CBr. The molecule has 0 bridgehead atoms. The summed E-state index contributed by atoms with van der Waals surface area (Å²) in [6.45, 7) is 14.1. The Labute approximate surface area is 108 Å². The predicted octanol–water partition coefficient (Wildman–Crippen LogP) is 3.55. The Morgan fingerprint density at radius 1 is 1.50 bits per heavy atom. The van der Waals surface area contributed by atoms with Crippen LogP contribution in [0.5, 0.6) is 0 Å². The number of carbonyl (C=O) groups is 1. The van der Waals surface area contributed by atoms with Crippen molar-refractivity contribution in [3.05, 3.63) is 12.7 Å². The van der Waals surface area contributed by atoms with Crippen molar-refractivity contribution < 1.29 is 9.53 Å². The van der Waals surface area contributed by atoms with E-state index in [4.69, 9.17) is 4.74 Å². The van der Waals surface area contributed by atoms with Gasteiger partial charge in [-0.1, -0.05) is 35.1 Å². The van der Waals surface area contributed by atoms with Gasteiger partial charge in [-0.25, -0.2) is 4.79 Å². The Morgan fingerprint density at radius 3 is 2.31 bits per heavy atom. The Hall–Kier alpha value is -0.293. The van der Waals surface area contributed by atoms with Crippen LogP contribution in [0.15, 0.2) is 12.7 Å². The summed E-state index contributed by atoms with van der Waals surface area (Å²) in [5.74, 6) is 0. The lowest BCUT2D eigenvalue weighted by Crippen LogP contribution is -2.55. The summed E-state index contributed by atoms with van der Waals surface area (Å²) in [6, 6.07) is 0. The molecule has 0 fully saturated rings. The van der Waals surface area contributed by atoms with Gasteiger partial charge in [-0.2, -0.15) is 0 Å². The molecule has 0 aromatic rings. The largest absolute Gasteiger partial charge is 0.444 e. The van der Waals surface area contributed by atoms with Crippen LogP contribution in [0.3, 0.4) is 0 Å². The minimum atomic E-state index is -1.79. The number of nitrogens with zero attached hydrogens (tertiary/aromatic N) is 1. The molecule has 0 aliphatic heterocycles. The quantitative estimate of drug-likeness (QED) is 0.451. The zero-order chi connectivity index (χ0) is 13.0. The van der Waals surface area contributed by atoms with E-state index in [0.717, 1.165) is 4.95 Å². The van der Waals surface area contributed by atoms with Crippen LogP contribution in [-0.4, -0.2) is 36.0 Å². The first-order valence-electron chi connectivity index (χ1n) is 5.31. The molecule has 0 heterocycles. The Bertz CT molecular complexity index is 261. The first-order chi connectivity index (χ1) is 7.14. The van der Waals surface area contributed by atoms with Crippen LogP contribution in [-0.2, 0) is 4.74 Å². The lowest BCUT2D eigenvalue weighted by molar-refractivity contribution is 0.0389. The van der Waals surface area contributed by atoms with Gasteiger partial charge in [0.2, 0.25) is 0 Å². The van der Waals surface area contributed by atoms with Gasteiger partial charge < -0.3 is 9.30 Å². The van der Waals surface area contributed by atoms with E-state index >= 15 is 0 Å². The van der Waals surface area contributed by atoms with Crippen molar-refractivity contribution in [1.82, 2.24) is 4.57 Å². The number of alkyl halides is 1. The molecule has 1 amide bonds. The van der Waals surface area contributed by atoms with Crippen molar-refractivity contribution in [2.24, 2.45) is 0 Å². The van der Waals surface area contributed by atoms with E-state index in [2.05, 4.69) is 35.6 Å². The molecule has 0 aromatic heterocycles. The molecular weight excluding hydrogens is 286 g/mol. The summed E-state index contributed by atoms with van der Waals surface area (Å²) in [6.07, 6.45) is 1.49. The number of hydrogen-bond donors (Lipinski definition) is 0. The van der Waals surface area contributed by atoms with E-state index in [9.17, 15) is 4.79 Å². The van der Waals surface area contributed by atoms with Crippen LogP contribution < -0.4 is 0 Å². The normalized spacial score (nSPS) is 12.1. The van der Waals surface area contributed by atoms with E-state index in [1.165, 1.54) is 0 Å². The van der Waals surface area contributed by atoms with Crippen molar-refractivity contribution >= 4 is 30.3 Å². The van der Waals surface area contributed by atoms with Crippen LogP contribution >= 0.6 is 15.9 Å². The highest BCUT2D eigenvalue weighted by molar-refractivity contribution is 9.09. The molecule has 94 valence electrons. The first kappa shape index (κ1) is 15.7. The van der Waals surface area contributed by atoms with Crippen molar-refractivity contribution in [2.75, 3.05) is 11.5 Å². The predicted molar refractivity (Wildman–Crippen MR) is 74.4 cm³/mol. The molecule has 5 heteroatoms. The van der Waals surface area contributed by atoms with E-state index in [0.29, 0.717) is 6.54 Å². The molecule has 3 nitrogen and oxygen atoms in total. The molecule has 0 rings (SSSR count). The van der Waals surface area contributed by atoms with E-state index in [-0.39, 0.29) is 6.09 Å². The molecule has 0 unspecified atom stereocenters. The van der Waals surface area contributed by atoms with Crippen LogP contribution in [0.1, 0.15) is 20.8 Å². The van der Waals surface area contributed by atoms with Gasteiger partial charge in [0.1, 0.15) is 5.60 Å². The van der Waals surface area contributed by atoms with Gasteiger partial charge in [0, 0.05) is 11.5 Å². The summed E-state index contributed by atoms with van der Waals surface area (Å²) < 4.78 is 7.20. The Balaban J connectivity index is 4.79. The summed E-state index contributed by atoms with van der Waals surface area (Å²) in [4.78, 5) is 12.9. The lowest BCUT2D eigenvalue weighted by atomic mass is 10.2. The minimum absolute atomic E-state index is 0.247. The van der Waals surface area contributed by atoms with Crippen LogP contribution in [0, 0.1) is 0 Å². The molecule has 0 aromatic carbocycles. The number of carbonyl (C=O) groups excluding carboxylic acids is 1. The van der Waals surface area contributed by atoms with Crippen LogP contribution in [0.25, 0.3) is 0 Å². The van der Waals surface area contributed by atoms with Crippen molar-refractivity contribution in [1.29, 1.82) is 0 Å². The fraction of sp³-hybridized carbons (Fsp3) is 0.727. The second-order valence-corrected chi connectivity index (χ2v) is 11.4. The highest BCUT2D eigenvalue weighted by Gasteiger charge is 2.34. The summed E-state index contributed by atoms with van der Waals surface area (Å²) in [7, 11) is -1.79. The smallest absolute Gasteiger partial charge is 0.402 e. The maximum Gasteiger partial charge on any atom is 0.402 e. The number of rotatable bonds is 4. The zero-order valence-electron chi connectivity index (χ0n) is 10.8. The summed E-state index contributed by atoms with van der Waals surface area (Å²) in [5, 5.41) is 0. The average molecular weight is 308 g/mol. The van der Waals surface area contributed by atoms with Gasteiger partial charge in [-0.3, -0.25) is 0 Å². The van der Waals surface area contributed by atoms with Gasteiger partial charge >= 0.3 is 6.09 Å². The van der Waals surface area contributed by atoms with Crippen LogP contribution in [0.4, 0.5) is 4.79 Å². The second-order valence-electron chi connectivity index (χ2n) is 5.33. The molecule has 0 aliphatic carbocycles. The molecule has 16 heavy (non-hydrogen) atoms. The molecule has 0 radical (unpaired) electrons. The molecule has 0 spiro atoms. The molecule has 0 atom stereocenters. The fourth-order valence-corrected chi connectivity index (χ4v) is 3.30. The number of halogens is 1. The van der Waals surface area contributed by atoms with Gasteiger partial charge in [-0.15, -0.1) is 6.58 Å². The standard InChI is InChI=1S/C11H22BrNO2Si/c1-7-8-13(16(5,6)9-12)10(14)15-11(2,3)4/h7H,1,8-9H2,2-6H3. The minimum Gasteiger partial charge on any atom is -0.444 e. The second kappa shape index (κ2) is 5.86. The molecule has 0 N–H and O–H groups in total. The van der Waals surface area contributed by atoms with Crippen LogP contribution in [0.2, 0.25) is 13.1 Å².